The molecule has 2 N–H and O–H groups in total. The molecule has 8 nitrogen and oxygen atoms in total. The average Bonchev–Trinajstić information content (AvgIpc) is 3.39. The predicted octanol–water partition coefficient (Wildman–Crippen LogP) is 3.03. The lowest BCUT2D eigenvalue weighted by Gasteiger charge is -2.19. The zero-order chi connectivity index (χ0) is 22.2. The summed E-state index contributed by atoms with van der Waals surface area (Å²) in [7, 11) is 0. The van der Waals surface area contributed by atoms with Gasteiger partial charge in [0.05, 0.1) is 12.2 Å². The van der Waals surface area contributed by atoms with Crippen LogP contribution in [0.25, 0.3) is 0 Å². The number of carbonyl (C=O) groups is 3. The van der Waals surface area contributed by atoms with Crippen molar-refractivity contribution in [2.45, 2.75) is 64.0 Å². The second-order valence-corrected chi connectivity index (χ2v) is 9.47. The Labute approximate surface area is 182 Å². The highest BCUT2D eigenvalue weighted by Gasteiger charge is 2.52. The molecule has 0 atom stereocenters. The largest absolute Gasteiger partial charge is 0.325 e. The molecule has 2 fully saturated rings. The molecule has 4 rings (SSSR count). The number of imide groups is 1. The lowest BCUT2D eigenvalue weighted by molar-refractivity contribution is -0.133. The fourth-order valence-corrected chi connectivity index (χ4v) is 4.22. The minimum Gasteiger partial charge on any atom is -0.323 e. The number of hydrogen-bond donors (Lipinski definition) is 2. The molecule has 8 heteroatoms. The van der Waals surface area contributed by atoms with E-state index in [1.54, 1.807) is 4.68 Å². The van der Waals surface area contributed by atoms with E-state index in [1.165, 1.54) is 0 Å². The molecule has 2 heterocycles. The molecule has 1 aromatic heterocycles. The molecular formula is C23H29N5O3. The fraction of sp³-hybridized carbons (Fsp3) is 0.478. The zero-order valence-corrected chi connectivity index (χ0v) is 18.3. The van der Waals surface area contributed by atoms with Crippen molar-refractivity contribution in [2.24, 2.45) is 0 Å². The van der Waals surface area contributed by atoms with Gasteiger partial charge in [0.15, 0.2) is 0 Å². The Morgan fingerprint density at radius 3 is 2.48 bits per heavy atom. The maximum Gasteiger partial charge on any atom is 0.325 e. The number of rotatable bonds is 5. The van der Waals surface area contributed by atoms with E-state index in [0.29, 0.717) is 25.2 Å². The van der Waals surface area contributed by atoms with Gasteiger partial charge in [0.25, 0.3) is 5.91 Å². The first-order chi connectivity index (χ1) is 14.7. The van der Waals surface area contributed by atoms with Crippen LogP contribution in [-0.4, -0.2) is 44.6 Å². The molecule has 0 radical (unpaired) electrons. The maximum atomic E-state index is 12.8. The summed E-state index contributed by atoms with van der Waals surface area (Å²) in [5.41, 5.74) is 0.893. The Morgan fingerprint density at radius 1 is 1.16 bits per heavy atom. The number of amides is 4. The number of urea groups is 1. The van der Waals surface area contributed by atoms with E-state index in [4.69, 9.17) is 5.10 Å². The van der Waals surface area contributed by atoms with Gasteiger partial charge in [0.1, 0.15) is 17.9 Å². The Bertz CT molecular complexity index is 1000. The predicted molar refractivity (Wildman–Crippen MR) is 117 cm³/mol. The maximum absolute atomic E-state index is 12.8. The molecule has 1 spiro atoms. The third kappa shape index (κ3) is 4.19. The number of benzene rings is 1. The number of anilines is 1. The van der Waals surface area contributed by atoms with Crippen molar-refractivity contribution in [2.75, 3.05) is 11.9 Å². The van der Waals surface area contributed by atoms with Crippen molar-refractivity contribution in [1.29, 1.82) is 0 Å². The minimum atomic E-state index is -0.814. The van der Waals surface area contributed by atoms with Gasteiger partial charge in [-0.05, 0) is 18.4 Å². The van der Waals surface area contributed by atoms with E-state index in [1.807, 2.05) is 36.4 Å². The standard InChI is InChI=1S/C23H29N5O3/c1-22(2,3)17-13-18(28(26-17)14-16-9-5-4-6-10-16)24-19(29)15-27-20(30)23(25-21(27)31)11-7-8-12-23/h4-6,9-10,13H,7-8,11-12,14-15H2,1-3H3,(H,24,29)(H,25,31). The molecule has 4 amide bonds. The molecule has 1 saturated heterocycles. The number of nitrogens with zero attached hydrogens (tertiary/aromatic N) is 3. The summed E-state index contributed by atoms with van der Waals surface area (Å²) in [6, 6.07) is 11.2. The molecule has 1 aliphatic carbocycles. The number of nitrogens with one attached hydrogen (secondary N) is 2. The van der Waals surface area contributed by atoms with Crippen molar-refractivity contribution < 1.29 is 14.4 Å². The van der Waals surface area contributed by atoms with E-state index < -0.39 is 17.5 Å². The first-order valence-electron chi connectivity index (χ1n) is 10.7. The summed E-state index contributed by atoms with van der Waals surface area (Å²) in [5.74, 6) is -0.173. The van der Waals surface area contributed by atoms with Gasteiger partial charge in [-0.2, -0.15) is 5.10 Å². The van der Waals surface area contributed by atoms with Crippen molar-refractivity contribution in [3.05, 3.63) is 47.7 Å². The van der Waals surface area contributed by atoms with Gasteiger partial charge in [-0.25, -0.2) is 9.48 Å². The first kappa shape index (κ1) is 21.1. The van der Waals surface area contributed by atoms with Gasteiger partial charge in [-0.3, -0.25) is 14.5 Å². The lowest BCUT2D eigenvalue weighted by Crippen LogP contribution is -2.44. The van der Waals surface area contributed by atoms with E-state index in [0.717, 1.165) is 29.0 Å². The van der Waals surface area contributed by atoms with Crippen molar-refractivity contribution in [3.63, 3.8) is 0 Å². The molecule has 0 bridgehead atoms. The van der Waals surface area contributed by atoms with Gasteiger partial charge in [0.2, 0.25) is 5.91 Å². The summed E-state index contributed by atoms with van der Waals surface area (Å²) in [6.45, 7) is 6.36. The average molecular weight is 424 g/mol. The smallest absolute Gasteiger partial charge is 0.323 e. The Morgan fingerprint density at radius 2 is 1.84 bits per heavy atom. The van der Waals surface area contributed by atoms with Crippen LogP contribution in [0.1, 0.15) is 57.7 Å². The Balaban J connectivity index is 1.51. The summed E-state index contributed by atoms with van der Waals surface area (Å²) in [6.07, 6.45) is 3.07. The summed E-state index contributed by atoms with van der Waals surface area (Å²) in [5, 5.41) is 10.4. The van der Waals surface area contributed by atoms with Gasteiger partial charge in [-0.1, -0.05) is 63.9 Å². The first-order valence-corrected chi connectivity index (χ1v) is 10.7. The third-order valence-electron chi connectivity index (χ3n) is 6.00. The molecule has 31 heavy (non-hydrogen) atoms. The molecule has 164 valence electrons. The molecule has 1 aliphatic heterocycles. The quantitative estimate of drug-likeness (QED) is 0.723. The lowest BCUT2D eigenvalue weighted by atomic mass is 9.92. The van der Waals surface area contributed by atoms with Crippen LogP contribution >= 0.6 is 0 Å². The summed E-state index contributed by atoms with van der Waals surface area (Å²) in [4.78, 5) is 39.0. The highest BCUT2D eigenvalue weighted by Crippen LogP contribution is 2.35. The van der Waals surface area contributed by atoms with Crippen LogP contribution in [-0.2, 0) is 21.5 Å². The van der Waals surface area contributed by atoms with Crippen LogP contribution in [0.4, 0.5) is 10.6 Å². The minimum absolute atomic E-state index is 0.193. The van der Waals surface area contributed by atoms with Crippen molar-refractivity contribution >= 4 is 23.7 Å². The second kappa shape index (κ2) is 7.83. The van der Waals surface area contributed by atoms with Gasteiger partial charge >= 0.3 is 6.03 Å². The van der Waals surface area contributed by atoms with Gasteiger partial charge < -0.3 is 10.6 Å². The molecule has 2 aromatic rings. The molecule has 1 saturated carbocycles. The van der Waals surface area contributed by atoms with E-state index >= 15 is 0 Å². The van der Waals surface area contributed by atoms with Crippen LogP contribution in [0, 0.1) is 0 Å². The summed E-state index contributed by atoms with van der Waals surface area (Å²) < 4.78 is 1.75. The third-order valence-corrected chi connectivity index (χ3v) is 6.00. The van der Waals surface area contributed by atoms with Crippen LogP contribution in [0.5, 0.6) is 0 Å². The van der Waals surface area contributed by atoms with E-state index in [9.17, 15) is 14.4 Å². The van der Waals surface area contributed by atoms with E-state index in [2.05, 4.69) is 31.4 Å². The van der Waals surface area contributed by atoms with Crippen LogP contribution in [0.15, 0.2) is 36.4 Å². The van der Waals surface area contributed by atoms with Gasteiger partial charge in [-0.15, -0.1) is 0 Å². The SMILES string of the molecule is CC(C)(C)c1cc(NC(=O)CN2C(=O)NC3(CCCC3)C2=O)n(Cc2ccccc2)n1. The molecular weight excluding hydrogens is 394 g/mol. The van der Waals surface area contributed by atoms with Crippen molar-refractivity contribution in [3.8, 4) is 0 Å². The number of carbonyl (C=O) groups excluding carboxylic acids is 3. The number of aromatic nitrogens is 2. The van der Waals surface area contributed by atoms with Crippen molar-refractivity contribution in [1.82, 2.24) is 20.0 Å². The normalized spacial score (nSPS) is 18.0. The second-order valence-electron chi connectivity index (χ2n) is 9.47. The summed E-state index contributed by atoms with van der Waals surface area (Å²) >= 11 is 0. The van der Waals surface area contributed by atoms with Crippen LogP contribution < -0.4 is 10.6 Å². The highest BCUT2D eigenvalue weighted by molar-refractivity contribution is 6.10. The molecule has 1 aromatic carbocycles. The Hall–Kier alpha value is -3.16. The fourth-order valence-electron chi connectivity index (χ4n) is 4.22. The van der Waals surface area contributed by atoms with Crippen LogP contribution in [0.2, 0.25) is 0 Å². The van der Waals surface area contributed by atoms with Gasteiger partial charge in [0, 0.05) is 11.5 Å². The van der Waals surface area contributed by atoms with E-state index in [-0.39, 0.29) is 17.9 Å². The molecule has 0 unspecified atom stereocenters. The molecule has 2 aliphatic rings. The topological polar surface area (TPSA) is 96.3 Å². The van der Waals surface area contributed by atoms with Crippen LogP contribution in [0.3, 0.4) is 0 Å². The number of hydrogen-bond acceptors (Lipinski definition) is 4. The Kier molecular flexibility index (Phi) is 5.33. The monoisotopic (exact) mass is 423 g/mol. The highest BCUT2D eigenvalue weighted by atomic mass is 16.2. The zero-order valence-electron chi connectivity index (χ0n) is 18.3.